The number of aliphatic hydroxyl groups is 1. The molecule has 3 aromatic rings. The van der Waals surface area contributed by atoms with Gasteiger partial charge in [0, 0.05) is 16.3 Å². The van der Waals surface area contributed by atoms with Gasteiger partial charge >= 0.3 is 0 Å². The van der Waals surface area contributed by atoms with Gasteiger partial charge in [0.15, 0.2) is 0 Å². The third-order valence-electron chi connectivity index (χ3n) is 4.80. The third-order valence-corrected chi connectivity index (χ3v) is 5.14. The van der Waals surface area contributed by atoms with Gasteiger partial charge in [-0.1, -0.05) is 60.1 Å². The smallest absolute Gasteiger partial charge is 0.300 e. The second-order valence-corrected chi connectivity index (χ2v) is 6.94. The number of Topliss-reactive ketones (excluding diaryl/α,β-unsaturated/α-hetero) is 1. The van der Waals surface area contributed by atoms with E-state index >= 15 is 0 Å². The number of benzene rings is 3. The number of aliphatic hydroxyl groups excluding tert-OH is 1. The van der Waals surface area contributed by atoms with Gasteiger partial charge in [0.1, 0.15) is 11.6 Å². The van der Waals surface area contributed by atoms with Crippen molar-refractivity contribution >= 4 is 34.7 Å². The zero-order valence-electron chi connectivity index (χ0n) is 15.0. The molecule has 0 unspecified atom stereocenters. The monoisotopic (exact) mass is 407 g/mol. The SMILES string of the molecule is O=C1C(=O)N(c2ccc(F)cc2)[C@@H](c2ccccc2Cl)C1=C(O)c1ccccc1. The van der Waals surface area contributed by atoms with Crippen molar-refractivity contribution in [1.82, 2.24) is 0 Å². The molecule has 0 aromatic heterocycles. The Morgan fingerprint density at radius 1 is 0.897 bits per heavy atom. The normalized spacial score (nSPS) is 18.3. The minimum Gasteiger partial charge on any atom is -0.507 e. The molecule has 3 aromatic carbocycles. The van der Waals surface area contributed by atoms with E-state index in [-0.39, 0.29) is 11.3 Å². The third kappa shape index (κ3) is 3.30. The van der Waals surface area contributed by atoms with E-state index in [1.54, 1.807) is 54.6 Å². The van der Waals surface area contributed by atoms with Gasteiger partial charge in [0.25, 0.3) is 11.7 Å². The molecule has 1 aliphatic rings. The van der Waals surface area contributed by atoms with Crippen LogP contribution in [0.1, 0.15) is 17.2 Å². The minimum atomic E-state index is -0.950. The molecule has 0 saturated carbocycles. The van der Waals surface area contributed by atoms with Crippen LogP contribution in [0.5, 0.6) is 0 Å². The Morgan fingerprint density at radius 3 is 2.17 bits per heavy atom. The molecule has 1 saturated heterocycles. The molecule has 1 heterocycles. The van der Waals surface area contributed by atoms with E-state index in [0.29, 0.717) is 21.8 Å². The number of carbonyl (C=O) groups excluding carboxylic acids is 2. The second kappa shape index (κ2) is 7.53. The maximum absolute atomic E-state index is 13.4. The number of anilines is 1. The highest BCUT2D eigenvalue weighted by Gasteiger charge is 2.47. The van der Waals surface area contributed by atoms with Crippen LogP contribution in [0.25, 0.3) is 5.76 Å². The van der Waals surface area contributed by atoms with Crippen molar-refractivity contribution in [1.29, 1.82) is 0 Å². The van der Waals surface area contributed by atoms with Crippen molar-refractivity contribution in [2.45, 2.75) is 6.04 Å². The molecule has 29 heavy (non-hydrogen) atoms. The van der Waals surface area contributed by atoms with Crippen molar-refractivity contribution in [2.24, 2.45) is 0 Å². The summed E-state index contributed by atoms with van der Waals surface area (Å²) in [6.45, 7) is 0. The van der Waals surface area contributed by atoms with Gasteiger partial charge in [-0.2, -0.15) is 0 Å². The number of rotatable bonds is 3. The maximum Gasteiger partial charge on any atom is 0.300 e. The van der Waals surface area contributed by atoms with Gasteiger partial charge < -0.3 is 5.11 Å². The summed E-state index contributed by atoms with van der Waals surface area (Å²) in [5.74, 6) is -2.41. The lowest BCUT2D eigenvalue weighted by Gasteiger charge is -2.26. The van der Waals surface area contributed by atoms with Gasteiger partial charge in [0.2, 0.25) is 0 Å². The van der Waals surface area contributed by atoms with E-state index in [0.717, 1.165) is 0 Å². The highest BCUT2D eigenvalue weighted by Crippen LogP contribution is 2.44. The molecule has 144 valence electrons. The average molecular weight is 408 g/mol. The number of carbonyl (C=O) groups is 2. The lowest BCUT2D eigenvalue weighted by atomic mass is 9.95. The van der Waals surface area contributed by atoms with E-state index in [9.17, 15) is 19.1 Å². The predicted octanol–water partition coefficient (Wildman–Crippen LogP) is 5.11. The van der Waals surface area contributed by atoms with Crippen LogP contribution < -0.4 is 4.90 Å². The highest BCUT2D eigenvalue weighted by atomic mass is 35.5. The first kappa shape index (κ1) is 18.9. The second-order valence-electron chi connectivity index (χ2n) is 6.53. The Balaban J connectivity index is 1.97. The first-order valence-electron chi connectivity index (χ1n) is 8.85. The van der Waals surface area contributed by atoms with Crippen molar-refractivity contribution in [2.75, 3.05) is 4.90 Å². The van der Waals surface area contributed by atoms with Gasteiger partial charge in [-0.25, -0.2) is 4.39 Å². The maximum atomic E-state index is 13.4. The van der Waals surface area contributed by atoms with Crippen LogP contribution in [0.3, 0.4) is 0 Å². The zero-order chi connectivity index (χ0) is 20.5. The first-order valence-corrected chi connectivity index (χ1v) is 9.23. The molecular weight excluding hydrogens is 393 g/mol. The lowest BCUT2D eigenvalue weighted by Crippen LogP contribution is -2.29. The van der Waals surface area contributed by atoms with Crippen LogP contribution >= 0.6 is 11.6 Å². The summed E-state index contributed by atoms with van der Waals surface area (Å²) in [7, 11) is 0. The summed E-state index contributed by atoms with van der Waals surface area (Å²) < 4.78 is 13.4. The zero-order valence-corrected chi connectivity index (χ0v) is 15.8. The Labute approximate surface area is 171 Å². The standard InChI is InChI=1S/C23H15ClFNO3/c24-18-9-5-4-8-17(18)20-19(21(27)14-6-2-1-3-7-14)22(28)23(29)26(20)16-12-10-15(25)11-13-16/h1-13,20,27H/t20-/m0/s1. The van der Waals surface area contributed by atoms with Crippen molar-refractivity contribution in [3.63, 3.8) is 0 Å². The Bertz CT molecular complexity index is 1130. The molecule has 1 N–H and O–H groups in total. The Morgan fingerprint density at radius 2 is 1.52 bits per heavy atom. The molecule has 1 fully saturated rings. The topological polar surface area (TPSA) is 57.6 Å². The predicted molar refractivity (Wildman–Crippen MR) is 109 cm³/mol. The summed E-state index contributed by atoms with van der Waals surface area (Å²) in [4.78, 5) is 27.1. The van der Waals surface area contributed by atoms with Crippen LogP contribution in [-0.4, -0.2) is 16.8 Å². The van der Waals surface area contributed by atoms with Gasteiger partial charge in [-0.05, 0) is 35.9 Å². The molecule has 0 aliphatic carbocycles. The largest absolute Gasteiger partial charge is 0.507 e. The van der Waals surface area contributed by atoms with Gasteiger partial charge in [0.05, 0.1) is 11.6 Å². The summed E-state index contributed by atoms with van der Waals surface area (Å²) >= 11 is 6.38. The summed E-state index contributed by atoms with van der Waals surface area (Å²) in [5, 5.41) is 11.3. The van der Waals surface area contributed by atoms with Crippen LogP contribution in [0.15, 0.2) is 84.4 Å². The quantitative estimate of drug-likeness (QED) is 0.373. The van der Waals surface area contributed by atoms with Gasteiger partial charge in [-0.15, -0.1) is 0 Å². The van der Waals surface area contributed by atoms with E-state index in [1.807, 2.05) is 0 Å². The van der Waals surface area contributed by atoms with E-state index in [4.69, 9.17) is 11.6 Å². The van der Waals surface area contributed by atoms with Crippen LogP contribution in [-0.2, 0) is 9.59 Å². The molecule has 0 radical (unpaired) electrons. The fourth-order valence-corrected chi connectivity index (χ4v) is 3.68. The Hall–Kier alpha value is -3.44. The minimum absolute atomic E-state index is 0.0707. The average Bonchev–Trinajstić information content (AvgIpc) is 3.00. The van der Waals surface area contributed by atoms with E-state index < -0.39 is 23.5 Å². The number of halogens is 2. The molecule has 1 aliphatic heterocycles. The molecule has 6 heteroatoms. The summed E-state index contributed by atoms with van der Waals surface area (Å²) in [6, 6.07) is 19.6. The van der Waals surface area contributed by atoms with E-state index in [1.165, 1.54) is 29.2 Å². The summed E-state index contributed by atoms with van der Waals surface area (Å²) in [5.41, 5.74) is 1.14. The molecule has 1 amide bonds. The summed E-state index contributed by atoms with van der Waals surface area (Å²) in [6.07, 6.45) is 0. The van der Waals surface area contributed by atoms with E-state index in [2.05, 4.69) is 0 Å². The molecule has 4 nitrogen and oxygen atoms in total. The van der Waals surface area contributed by atoms with Crippen molar-refractivity contribution in [3.05, 3.63) is 106 Å². The van der Waals surface area contributed by atoms with Crippen LogP contribution in [0.4, 0.5) is 10.1 Å². The van der Waals surface area contributed by atoms with Crippen LogP contribution in [0.2, 0.25) is 5.02 Å². The fraction of sp³-hybridized carbons (Fsp3) is 0.0435. The number of hydrogen-bond acceptors (Lipinski definition) is 3. The molecule has 0 bridgehead atoms. The number of ketones is 1. The number of nitrogens with zero attached hydrogens (tertiary/aromatic N) is 1. The number of amides is 1. The Kier molecular flexibility index (Phi) is 4.91. The molecular formula is C23H15ClFNO3. The van der Waals surface area contributed by atoms with Crippen molar-refractivity contribution < 1.29 is 19.1 Å². The van der Waals surface area contributed by atoms with Gasteiger partial charge in [-0.3, -0.25) is 14.5 Å². The van der Waals surface area contributed by atoms with Crippen molar-refractivity contribution in [3.8, 4) is 0 Å². The molecule has 0 spiro atoms. The lowest BCUT2D eigenvalue weighted by molar-refractivity contribution is -0.132. The fourth-order valence-electron chi connectivity index (χ4n) is 3.44. The molecule has 4 rings (SSSR count). The van der Waals surface area contributed by atoms with Crippen LogP contribution in [0, 0.1) is 5.82 Å². The number of hydrogen-bond donors (Lipinski definition) is 1. The highest BCUT2D eigenvalue weighted by molar-refractivity contribution is 6.52. The molecule has 1 atom stereocenters. The first-order chi connectivity index (χ1) is 14.0.